The lowest BCUT2D eigenvalue weighted by molar-refractivity contribution is 0.619. The van der Waals surface area contributed by atoms with Crippen molar-refractivity contribution in [2.24, 2.45) is 0 Å². The fraction of sp³-hybridized carbons (Fsp3) is 0.400. The SMILES string of the molecule is Fc1ccc(CNC2(Cl)CC2)cc1. The van der Waals surface area contributed by atoms with Crippen LogP contribution in [0.15, 0.2) is 24.3 Å². The average molecular weight is 200 g/mol. The Morgan fingerprint density at radius 2 is 1.92 bits per heavy atom. The van der Waals surface area contributed by atoms with E-state index in [-0.39, 0.29) is 10.8 Å². The van der Waals surface area contributed by atoms with Gasteiger partial charge in [-0.2, -0.15) is 0 Å². The molecule has 1 aromatic rings. The molecule has 1 nitrogen and oxygen atoms in total. The van der Waals surface area contributed by atoms with E-state index in [1.54, 1.807) is 12.1 Å². The highest BCUT2D eigenvalue weighted by atomic mass is 35.5. The fourth-order valence-corrected chi connectivity index (χ4v) is 1.31. The first-order valence-corrected chi connectivity index (χ1v) is 4.74. The van der Waals surface area contributed by atoms with E-state index in [0.717, 1.165) is 18.4 Å². The maximum Gasteiger partial charge on any atom is 0.123 e. The minimum absolute atomic E-state index is 0.172. The molecule has 1 aromatic carbocycles. The van der Waals surface area contributed by atoms with E-state index >= 15 is 0 Å². The van der Waals surface area contributed by atoms with E-state index in [2.05, 4.69) is 5.32 Å². The van der Waals surface area contributed by atoms with Gasteiger partial charge in [0.2, 0.25) is 0 Å². The molecule has 0 heterocycles. The minimum atomic E-state index is -0.198. The van der Waals surface area contributed by atoms with Crippen molar-refractivity contribution in [3.63, 3.8) is 0 Å². The van der Waals surface area contributed by atoms with Crippen LogP contribution in [0.1, 0.15) is 18.4 Å². The molecule has 0 atom stereocenters. The Labute approximate surface area is 81.9 Å². The molecule has 0 aliphatic heterocycles. The lowest BCUT2D eigenvalue weighted by Crippen LogP contribution is -2.24. The third kappa shape index (κ3) is 2.42. The molecule has 0 amide bonds. The molecule has 1 N–H and O–H groups in total. The predicted octanol–water partition coefficient (Wildman–Crippen LogP) is 2.64. The largest absolute Gasteiger partial charge is 0.295 e. The number of rotatable bonds is 3. The number of hydrogen-bond donors (Lipinski definition) is 1. The van der Waals surface area contributed by atoms with Crippen LogP contribution >= 0.6 is 11.6 Å². The first kappa shape index (κ1) is 8.97. The Hall–Kier alpha value is -0.600. The van der Waals surface area contributed by atoms with Crippen LogP contribution < -0.4 is 5.32 Å². The van der Waals surface area contributed by atoms with E-state index in [0.29, 0.717) is 6.54 Å². The van der Waals surface area contributed by atoms with Crippen molar-refractivity contribution in [2.75, 3.05) is 0 Å². The van der Waals surface area contributed by atoms with Gasteiger partial charge in [-0.3, -0.25) is 5.32 Å². The molecule has 1 saturated carbocycles. The van der Waals surface area contributed by atoms with Crippen LogP contribution in [0.25, 0.3) is 0 Å². The topological polar surface area (TPSA) is 12.0 Å². The summed E-state index contributed by atoms with van der Waals surface area (Å²) in [6.07, 6.45) is 2.05. The third-order valence-electron chi connectivity index (χ3n) is 2.21. The molecule has 2 rings (SSSR count). The van der Waals surface area contributed by atoms with Gasteiger partial charge in [-0.25, -0.2) is 4.39 Å². The summed E-state index contributed by atoms with van der Waals surface area (Å²) < 4.78 is 12.5. The number of hydrogen-bond acceptors (Lipinski definition) is 1. The third-order valence-corrected chi connectivity index (χ3v) is 2.72. The van der Waals surface area contributed by atoms with Crippen molar-refractivity contribution in [3.8, 4) is 0 Å². The second kappa shape index (κ2) is 3.28. The van der Waals surface area contributed by atoms with Crippen molar-refractivity contribution >= 4 is 11.6 Å². The maximum absolute atomic E-state index is 12.5. The number of halogens is 2. The van der Waals surface area contributed by atoms with Crippen LogP contribution in [-0.4, -0.2) is 5.00 Å². The van der Waals surface area contributed by atoms with Gasteiger partial charge in [0, 0.05) is 6.54 Å². The molecule has 0 spiro atoms. The number of alkyl halides is 1. The van der Waals surface area contributed by atoms with E-state index in [1.165, 1.54) is 12.1 Å². The van der Waals surface area contributed by atoms with Gasteiger partial charge < -0.3 is 0 Å². The monoisotopic (exact) mass is 199 g/mol. The highest BCUT2D eigenvalue weighted by Crippen LogP contribution is 2.39. The molecule has 0 bridgehead atoms. The summed E-state index contributed by atoms with van der Waals surface area (Å²) in [6.45, 7) is 0.712. The van der Waals surface area contributed by atoms with Gasteiger partial charge in [0.25, 0.3) is 0 Å². The van der Waals surface area contributed by atoms with Crippen molar-refractivity contribution < 1.29 is 4.39 Å². The van der Waals surface area contributed by atoms with Crippen LogP contribution in [0, 0.1) is 5.82 Å². The van der Waals surface area contributed by atoms with Gasteiger partial charge in [-0.15, -0.1) is 11.6 Å². The van der Waals surface area contributed by atoms with Crippen molar-refractivity contribution in [2.45, 2.75) is 24.4 Å². The van der Waals surface area contributed by atoms with Gasteiger partial charge in [0.15, 0.2) is 0 Å². The Morgan fingerprint density at radius 1 is 1.31 bits per heavy atom. The second-order valence-corrected chi connectivity index (χ2v) is 4.17. The lowest BCUT2D eigenvalue weighted by Gasteiger charge is -2.08. The zero-order chi connectivity index (χ0) is 9.31. The normalized spacial score (nSPS) is 18.6. The zero-order valence-electron chi connectivity index (χ0n) is 7.19. The van der Waals surface area contributed by atoms with Crippen molar-refractivity contribution in [3.05, 3.63) is 35.6 Å². The summed E-state index contributed by atoms with van der Waals surface area (Å²) in [5.74, 6) is -0.198. The summed E-state index contributed by atoms with van der Waals surface area (Å²) in [5, 5.41) is 3.21. The molecular weight excluding hydrogens is 189 g/mol. The van der Waals surface area contributed by atoms with E-state index < -0.39 is 0 Å². The van der Waals surface area contributed by atoms with Crippen molar-refractivity contribution in [1.82, 2.24) is 5.32 Å². The molecule has 1 aliphatic carbocycles. The van der Waals surface area contributed by atoms with E-state index in [9.17, 15) is 4.39 Å². The maximum atomic E-state index is 12.5. The van der Waals surface area contributed by atoms with Gasteiger partial charge >= 0.3 is 0 Å². The first-order chi connectivity index (χ1) is 6.18. The standard InChI is InChI=1S/C10H11ClFN/c11-10(5-6-10)13-7-8-1-3-9(12)4-2-8/h1-4,13H,5-7H2. The number of nitrogens with one attached hydrogen (secondary N) is 1. The van der Waals surface area contributed by atoms with E-state index in [1.807, 2.05) is 0 Å². The van der Waals surface area contributed by atoms with Gasteiger partial charge in [0.1, 0.15) is 5.82 Å². The summed E-state index contributed by atoms with van der Waals surface area (Å²) in [5.41, 5.74) is 1.06. The lowest BCUT2D eigenvalue weighted by atomic mass is 10.2. The molecule has 0 saturated heterocycles. The quantitative estimate of drug-likeness (QED) is 0.583. The Kier molecular flexibility index (Phi) is 2.26. The molecule has 1 fully saturated rings. The summed E-state index contributed by atoms with van der Waals surface area (Å²) in [4.78, 5) is -0.172. The van der Waals surface area contributed by atoms with Gasteiger partial charge in [-0.05, 0) is 30.5 Å². The zero-order valence-corrected chi connectivity index (χ0v) is 7.94. The molecule has 0 aromatic heterocycles. The second-order valence-electron chi connectivity index (χ2n) is 3.45. The first-order valence-electron chi connectivity index (χ1n) is 4.36. The molecule has 13 heavy (non-hydrogen) atoms. The highest BCUT2D eigenvalue weighted by molar-refractivity contribution is 6.25. The Balaban J connectivity index is 1.91. The molecular formula is C10H11ClFN. The van der Waals surface area contributed by atoms with Crippen LogP contribution in [0.3, 0.4) is 0 Å². The molecule has 3 heteroatoms. The van der Waals surface area contributed by atoms with Crippen molar-refractivity contribution in [1.29, 1.82) is 0 Å². The highest BCUT2D eigenvalue weighted by Gasteiger charge is 2.39. The summed E-state index contributed by atoms with van der Waals surface area (Å²) in [7, 11) is 0. The number of benzene rings is 1. The Bertz CT molecular complexity index is 292. The molecule has 0 unspecified atom stereocenters. The molecule has 70 valence electrons. The average Bonchev–Trinajstić information content (AvgIpc) is 2.84. The van der Waals surface area contributed by atoms with Crippen LogP contribution in [0.4, 0.5) is 4.39 Å². The fourth-order valence-electron chi connectivity index (χ4n) is 1.15. The Morgan fingerprint density at radius 3 is 2.46 bits per heavy atom. The smallest absolute Gasteiger partial charge is 0.123 e. The minimum Gasteiger partial charge on any atom is -0.295 e. The molecule has 1 aliphatic rings. The molecule has 0 radical (unpaired) electrons. The predicted molar refractivity (Wildman–Crippen MR) is 51.1 cm³/mol. The van der Waals surface area contributed by atoms with Crippen LogP contribution in [0.2, 0.25) is 0 Å². The summed E-state index contributed by atoms with van der Waals surface area (Å²) >= 11 is 6.04. The van der Waals surface area contributed by atoms with Crippen LogP contribution in [-0.2, 0) is 6.54 Å². The van der Waals surface area contributed by atoms with Crippen LogP contribution in [0.5, 0.6) is 0 Å². The van der Waals surface area contributed by atoms with E-state index in [4.69, 9.17) is 11.6 Å². The van der Waals surface area contributed by atoms with Gasteiger partial charge in [0.05, 0.1) is 5.00 Å². The van der Waals surface area contributed by atoms with Gasteiger partial charge in [-0.1, -0.05) is 12.1 Å². The summed E-state index contributed by atoms with van der Waals surface area (Å²) in [6, 6.07) is 6.46.